The van der Waals surface area contributed by atoms with Crippen molar-refractivity contribution in [1.29, 1.82) is 0 Å². The average Bonchev–Trinajstić information content (AvgIpc) is 3.15. The molecule has 1 aliphatic rings. The second-order valence-electron chi connectivity index (χ2n) is 7.06. The van der Waals surface area contributed by atoms with E-state index in [9.17, 15) is 4.79 Å². The second-order valence-corrected chi connectivity index (χ2v) is 8.53. The molecule has 0 saturated carbocycles. The van der Waals surface area contributed by atoms with Crippen LogP contribution in [0.2, 0.25) is 5.02 Å². The summed E-state index contributed by atoms with van der Waals surface area (Å²) in [7, 11) is 0. The molecule has 0 spiro atoms. The molecule has 150 valence electrons. The van der Waals surface area contributed by atoms with Crippen molar-refractivity contribution in [1.82, 2.24) is 14.9 Å². The third-order valence-electron chi connectivity index (χ3n) is 4.98. The molecule has 29 heavy (non-hydrogen) atoms. The molecule has 1 saturated heterocycles. The van der Waals surface area contributed by atoms with Crippen LogP contribution in [0.5, 0.6) is 0 Å². The molecule has 8 heteroatoms. The summed E-state index contributed by atoms with van der Waals surface area (Å²) >= 11 is 7.90. The first kappa shape index (κ1) is 19.7. The molecule has 1 N–H and O–H groups in total. The molecule has 0 radical (unpaired) electrons. The zero-order valence-electron chi connectivity index (χ0n) is 16.3. The Bertz CT molecular complexity index is 1010. The molecular weight excluding hydrogens is 406 g/mol. The number of carbonyl (C=O) groups is 1. The Morgan fingerprint density at radius 1 is 1.24 bits per heavy atom. The molecule has 3 aromatic rings. The summed E-state index contributed by atoms with van der Waals surface area (Å²) in [5.41, 5.74) is 2.78. The fraction of sp³-hybridized carbons (Fsp3) is 0.286. The smallest absolute Gasteiger partial charge is 0.322 e. The van der Waals surface area contributed by atoms with Crippen LogP contribution in [-0.2, 0) is 0 Å². The number of nitrogens with one attached hydrogen (secondary N) is 1. The molecule has 2 aromatic heterocycles. The first-order valence-electron chi connectivity index (χ1n) is 9.47. The molecule has 1 atom stereocenters. The molecule has 0 bridgehead atoms. The number of pyridine rings is 1. The maximum atomic E-state index is 12.8. The third kappa shape index (κ3) is 4.36. The quantitative estimate of drug-likeness (QED) is 0.645. The second kappa shape index (κ2) is 8.39. The monoisotopic (exact) mass is 427 g/mol. The number of hydrogen-bond acceptors (Lipinski definition) is 5. The third-order valence-corrected chi connectivity index (χ3v) is 6.05. The number of aryl methyl sites for hydroxylation is 1. The fourth-order valence-corrected chi connectivity index (χ4v) is 4.34. The number of piperazine rings is 1. The lowest BCUT2D eigenvalue weighted by Crippen LogP contribution is -2.55. The molecule has 6 nitrogen and oxygen atoms in total. The van der Waals surface area contributed by atoms with E-state index in [2.05, 4.69) is 20.2 Å². The van der Waals surface area contributed by atoms with Crippen molar-refractivity contribution in [2.75, 3.05) is 29.9 Å². The van der Waals surface area contributed by atoms with E-state index in [-0.39, 0.29) is 12.1 Å². The van der Waals surface area contributed by atoms with Gasteiger partial charge in [-0.3, -0.25) is 0 Å². The van der Waals surface area contributed by atoms with E-state index in [1.807, 2.05) is 60.5 Å². The number of halogens is 1. The van der Waals surface area contributed by atoms with E-state index in [4.69, 9.17) is 11.6 Å². The molecule has 1 fully saturated rings. The number of anilines is 2. The van der Waals surface area contributed by atoms with E-state index >= 15 is 0 Å². The molecule has 0 aliphatic carbocycles. The Morgan fingerprint density at radius 2 is 2.03 bits per heavy atom. The first-order chi connectivity index (χ1) is 14.0. The summed E-state index contributed by atoms with van der Waals surface area (Å²) in [5, 5.41) is 6.71. The minimum Gasteiger partial charge on any atom is -0.352 e. The number of urea groups is 1. The molecule has 4 rings (SSSR count). The van der Waals surface area contributed by atoms with Gasteiger partial charge in [-0.15, -0.1) is 11.3 Å². The van der Waals surface area contributed by atoms with Gasteiger partial charge in [-0.25, -0.2) is 14.8 Å². The van der Waals surface area contributed by atoms with Crippen LogP contribution in [0.3, 0.4) is 0 Å². The number of benzene rings is 1. The normalized spacial score (nSPS) is 16.7. The highest BCUT2D eigenvalue weighted by atomic mass is 35.5. The Hall–Kier alpha value is -2.64. The number of nitrogens with zero attached hydrogens (tertiary/aromatic N) is 4. The Balaban J connectivity index is 1.38. The van der Waals surface area contributed by atoms with Gasteiger partial charge in [0.1, 0.15) is 5.82 Å². The summed E-state index contributed by atoms with van der Waals surface area (Å²) < 4.78 is 0. The predicted molar refractivity (Wildman–Crippen MR) is 119 cm³/mol. The number of aromatic nitrogens is 2. The highest BCUT2D eigenvalue weighted by Crippen LogP contribution is 2.26. The number of rotatable bonds is 3. The van der Waals surface area contributed by atoms with Crippen LogP contribution >= 0.6 is 22.9 Å². The van der Waals surface area contributed by atoms with E-state index in [0.717, 1.165) is 27.8 Å². The van der Waals surface area contributed by atoms with Crippen LogP contribution in [-0.4, -0.2) is 46.6 Å². The largest absolute Gasteiger partial charge is 0.352 e. The van der Waals surface area contributed by atoms with Crippen molar-refractivity contribution in [3.05, 3.63) is 58.0 Å². The Kier molecular flexibility index (Phi) is 5.69. The minimum absolute atomic E-state index is 0.0408. The zero-order chi connectivity index (χ0) is 20.4. The molecule has 0 unspecified atom stereocenters. The summed E-state index contributed by atoms with van der Waals surface area (Å²) in [6.45, 7) is 6.01. The highest BCUT2D eigenvalue weighted by Gasteiger charge is 2.28. The predicted octanol–water partition coefficient (Wildman–Crippen LogP) is 4.91. The Labute approximate surface area is 179 Å². The van der Waals surface area contributed by atoms with Gasteiger partial charge < -0.3 is 15.1 Å². The topological polar surface area (TPSA) is 61.4 Å². The minimum atomic E-state index is -0.0958. The number of amides is 2. The van der Waals surface area contributed by atoms with Gasteiger partial charge in [-0.05, 0) is 38.1 Å². The molecule has 1 aromatic carbocycles. The molecule has 3 heterocycles. The summed E-state index contributed by atoms with van der Waals surface area (Å²) in [4.78, 5) is 25.6. The van der Waals surface area contributed by atoms with Crippen molar-refractivity contribution in [2.45, 2.75) is 19.9 Å². The van der Waals surface area contributed by atoms with Crippen molar-refractivity contribution in [3.8, 4) is 11.3 Å². The number of thiazole rings is 1. The Morgan fingerprint density at radius 3 is 2.69 bits per heavy atom. The van der Waals surface area contributed by atoms with E-state index in [1.165, 1.54) is 0 Å². The number of carbonyl (C=O) groups excluding carboxylic acids is 1. The van der Waals surface area contributed by atoms with Gasteiger partial charge in [0.15, 0.2) is 0 Å². The maximum Gasteiger partial charge on any atom is 0.322 e. The van der Waals surface area contributed by atoms with Crippen molar-refractivity contribution in [3.63, 3.8) is 0 Å². The van der Waals surface area contributed by atoms with Gasteiger partial charge in [0.2, 0.25) is 0 Å². The van der Waals surface area contributed by atoms with Crippen LogP contribution in [0.4, 0.5) is 16.3 Å². The lowest BCUT2D eigenvalue weighted by Gasteiger charge is -2.40. The lowest BCUT2D eigenvalue weighted by molar-refractivity contribution is 0.184. The highest BCUT2D eigenvalue weighted by molar-refractivity contribution is 7.09. The SMILES string of the molecule is Cc1nc(-c2ccc(NC(=O)N3CCN(c4ncccc4Cl)C[C@H]3C)cc2)cs1. The van der Waals surface area contributed by atoms with Gasteiger partial charge in [0.25, 0.3) is 0 Å². The van der Waals surface area contributed by atoms with Crippen LogP contribution < -0.4 is 10.2 Å². The van der Waals surface area contributed by atoms with Crippen LogP contribution in [0.25, 0.3) is 11.3 Å². The van der Waals surface area contributed by atoms with Gasteiger partial charge in [0.05, 0.1) is 15.7 Å². The molecule has 1 aliphatic heterocycles. The average molecular weight is 428 g/mol. The van der Waals surface area contributed by atoms with Gasteiger partial charge in [-0.1, -0.05) is 23.7 Å². The summed E-state index contributed by atoms with van der Waals surface area (Å²) in [5.74, 6) is 0.772. The summed E-state index contributed by atoms with van der Waals surface area (Å²) in [6.07, 6.45) is 1.74. The van der Waals surface area contributed by atoms with Crippen LogP contribution in [0.15, 0.2) is 48.0 Å². The fourth-order valence-electron chi connectivity index (χ4n) is 3.48. The zero-order valence-corrected chi connectivity index (χ0v) is 17.9. The number of hydrogen-bond donors (Lipinski definition) is 1. The first-order valence-corrected chi connectivity index (χ1v) is 10.7. The van der Waals surface area contributed by atoms with Gasteiger partial charge in [0, 0.05) is 48.5 Å². The lowest BCUT2D eigenvalue weighted by atomic mass is 10.1. The van der Waals surface area contributed by atoms with Crippen molar-refractivity contribution < 1.29 is 4.79 Å². The van der Waals surface area contributed by atoms with Crippen LogP contribution in [0, 0.1) is 6.92 Å². The molecular formula is C21H22ClN5OS. The van der Waals surface area contributed by atoms with E-state index in [1.54, 1.807) is 17.5 Å². The van der Waals surface area contributed by atoms with Crippen molar-refractivity contribution in [2.24, 2.45) is 0 Å². The standard InChI is InChI=1S/C21H22ClN5OS/c1-14-12-26(20-18(22)4-3-9-23-20)10-11-27(14)21(28)25-17-7-5-16(6-8-17)19-13-29-15(2)24-19/h3-9,13-14H,10-12H2,1-2H3,(H,25,28)/t14-/m1/s1. The molecule has 2 amide bonds. The van der Waals surface area contributed by atoms with Gasteiger partial charge >= 0.3 is 6.03 Å². The van der Waals surface area contributed by atoms with E-state index in [0.29, 0.717) is 24.7 Å². The maximum absolute atomic E-state index is 12.8. The van der Waals surface area contributed by atoms with Gasteiger partial charge in [-0.2, -0.15) is 0 Å². The van der Waals surface area contributed by atoms with Crippen molar-refractivity contribution >= 4 is 40.5 Å². The summed E-state index contributed by atoms with van der Waals surface area (Å²) in [6, 6.07) is 11.4. The van der Waals surface area contributed by atoms with E-state index < -0.39 is 0 Å². The van der Waals surface area contributed by atoms with Crippen LogP contribution in [0.1, 0.15) is 11.9 Å².